The van der Waals surface area contributed by atoms with Gasteiger partial charge in [0, 0.05) is 38.1 Å². The van der Waals surface area contributed by atoms with E-state index in [-0.39, 0.29) is 11.4 Å². The number of carboxylic acids is 1. The second kappa shape index (κ2) is 10.4. The summed E-state index contributed by atoms with van der Waals surface area (Å²) >= 11 is 0. The third-order valence-electron chi connectivity index (χ3n) is 4.83. The van der Waals surface area contributed by atoms with Crippen molar-refractivity contribution in [3.05, 3.63) is 82.3 Å². The van der Waals surface area contributed by atoms with Crippen LogP contribution in [-0.2, 0) is 31.0 Å². The van der Waals surface area contributed by atoms with Crippen molar-refractivity contribution in [1.82, 2.24) is 24.0 Å². The lowest BCUT2D eigenvalue weighted by Crippen LogP contribution is -2.27. The third-order valence-corrected chi connectivity index (χ3v) is 4.83. The van der Waals surface area contributed by atoms with E-state index in [1.54, 1.807) is 35.3 Å². The molecule has 3 heterocycles. The van der Waals surface area contributed by atoms with E-state index in [2.05, 4.69) is 9.88 Å². The Morgan fingerprint density at radius 3 is 2.42 bits per heavy atom. The topological polar surface area (TPSA) is 93.2 Å². The zero-order valence-electron chi connectivity index (χ0n) is 17.4. The first-order valence-electron chi connectivity index (χ1n) is 9.94. The lowest BCUT2D eigenvalue weighted by atomic mass is 10.2. The quantitative estimate of drug-likeness (QED) is 0.593. The van der Waals surface area contributed by atoms with Gasteiger partial charge in [0.2, 0.25) is 0 Å². The van der Waals surface area contributed by atoms with Crippen LogP contribution in [0.5, 0.6) is 0 Å². The molecule has 0 unspecified atom stereocenters. The number of benzene rings is 1. The van der Waals surface area contributed by atoms with Gasteiger partial charge in [0.1, 0.15) is 11.6 Å². The number of aromatic nitrogens is 4. The van der Waals surface area contributed by atoms with Crippen LogP contribution >= 0.6 is 0 Å². The second-order valence-corrected chi connectivity index (χ2v) is 7.38. The predicted octanol–water partition coefficient (Wildman–Crippen LogP) is 2.67. The van der Waals surface area contributed by atoms with E-state index in [1.165, 1.54) is 12.1 Å². The summed E-state index contributed by atoms with van der Waals surface area (Å²) in [6.07, 6.45) is 1.08. The second-order valence-electron chi connectivity index (χ2n) is 7.38. The summed E-state index contributed by atoms with van der Waals surface area (Å²) in [6, 6.07) is 8.17. The number of nitrogens with zero attached hydrogens (tertiary/aromatic N) is 5. The summed E-state index contributed by atoms with van der Waals surface area (Å²) in [4.78, 5) is 32.4. The summed E-state index contributed by atoms with van der Waals surface area (Å²) in [5.74, 6) is -2.20. The molecule has 0 atom stereocenters. The fourth-order valence-corrected chi connectivity index (χ4v) is 3.33. The van der Waals surface area contributed by atoms with Gasteiger partial charge >= 0.3 is 12.1 Å². The largest absolute Gasteiger partial charge is 0.490 e. The van der Waals surface area contributed by atoms with Crippen molar-refractivity contribution >= 4 is 5.97 Å². The summed E-state index contributed by atoms with van der Waals surface area (Å²) in [7, 11) is 0. The molecule has 1 aromatic carbocycles. The molecular formula is C21H21F4N5O3. The monoisotopic (exact) mass is 467 g/mol. The van der Waals surface area contributed by atoms with E-state index in [9.17, 15) is 22.4 Å². The van der Waals surface area contributed by atoms with Crippen LogP contribution in [0.1, 0.15) is 23.5 Å². The number of alkyl halides is 3. The Hall–Kier alpha value is -3.54. The fraction of sp³-hybridized carbons (Fsp3) is 0.333. The van der Waals surface area contributed by atoms with Crippen LogP contribution in [0.4, 0.5) is 17.6 Å². The van der Waals surface area contributed by atoms with Crippen LogP contribution in [0.3, 0.4) is 0 Å². The number of carboxylic acid groups (broad SMARTS) is 1. The molecule has 0 radical (unpaired) electrons. The lowest BCUT2D eigenvalue weighted by molar-refractivity contribution is -0.192. The summed E-state index contributed by atoms with van der Waals surface area (Å²) < 4.78 is 48.5. The highest BCUT2D eigenvalue weighted by Crippen LogP contribution is 2.14. The molecule has 2 aromatic heterocycles. The number of hydrogen-bond acceptors (Lipinski definition) is 5. The molecule has 0 aliphatic carbocycles. The van der Waals surface area contributed by atoms with Crippen molar-refractivity contribution in [2.24, 2.45) is 0 Å². The summed E-state index contributed by atoms with van der Waals surface area (Å²) in [5.41, 5.74) is 1.79. The predicted molar refractivity (Wildman–Crippen MR) is 109 cm³/mol. The molecular weight excluding hydrogens is 446 g/mol. The van der Waals surface area contributed by atoms with E-state index >= 15 is 0 Å². The average Bonchev–Trinajstić information content (AvgIpc) is 3.15. The zero-order chi connectivity index (χ0) is 24.0. The molecule has 1 aliphatic rings. The fourth-order valence-electron chi connectivity index (χ4n) is 3.33. The van der Waals surface area contributed by atoms with E-state index in [0.717, 1.165) is 30.0 Å². The van der Waals surface area contributed by atoms with Gasteiger partial charge in [-0.25, -0.2) is 19.2 Å². The Morgan fingerprint density at radius 2 is 1.82 bits per heavy atom. The van der Waals surface area contributed by atoms with Gasteiger partial charge in [-0.3, -0.25) is 14.3 Å². The Morgan fingerprint density at radius 1 is 1.12 bits per heavy atom. The van der Waals surface area contributed by atoms with Crippen molar-refractivity contribution in [3.63, 3.8) is 0 Å². The SMILES string of the molecule is O=C(O)C(F)(F)F.O=c1cc(Cn2ccnc2)nc2n1CCCN(Cc1ccc(F)cc1)C2. The molecule has 33 heavy (non-hydrogen) atoms. The highest BCUT2D eigenvalue weighted by atomic mass is 19.4. The Bertz CT molecular complexity index is 1130. The van der Waals surface area contributed by atoms with E-state index in [0.29, 0.717) is 26.2 Å². The molecule has 8 nitrogen and oxygen atoms in total. The van der Waals surface area contributed by atoms with Crippen molar-refractivity contribution in [2.45, 2.75) is 38.8 Å². The maximum absolute atomic E-state index is 13.1. The molecule has 0 spiro atoms. The summed E-state index contributed by atoms with van der Waals surface area (Å²) in [5, 5.41) is 7.12. The first-order valence-corrected chi connectivity index (χ1v) is 9.94. The third kappa shape index (κ3) is 6.97. The molecule has 1 N–H and O–H groups in total. The minimum Gasteiger partial charge on any atom is -0.475 e. The molecule has 0 fully saturated rings. The maximum Gasteiger partial charge on any atom is 0.490 e. The number of aliphatic carboxylic acids is 1. The van der Waals surface area contributed by atoms with Crippen LogP contribution in [0.15, 0.2) is 53.8 Å². The molecule has 4 rings (SSSR count). The van der Waals surface area contributed by atoms with Crippen molar-refractivity contribution < 1.29 is 27.5 Å². The Kier molecular flexibility index (Phi) is 7.59. The van der Waals surface area contributed by atoms with Gasteiger partial charge in [-0.2, -0.15) is 13.2 Å². The first-order chi connectivity index (χ1) is 15.6. The van der Waals surface area contributed by atoms with Gasteiger partial charge in [-0.1, -0.05) is 12.1 Å². The molecule has 0 saturated carbocycles. The van der Waals surface area contributed by atoms with Gasteiger partial charge in [-0.05, 0) is 24.1 Å². The van der Waals surface area contributed by atoms with Gasteiger partial charge in [0.15, 0.2) is 0 Å². The van der Waals surface area contributed by atoms with E-state index in [1.807, 2.05) is 10.8 Å². The number of rotatable bonds is 4. The number of imidazole rings is 1. The normalized spacial score (nSPS) is 14.1. The van der Waals surface area contributed by atoms with Crippen LogP contribution in [-0.4, -0.2) is 47.8 Å². The van der Waals surface area contributed by atoms with E-state index in [4.69, 9.17) is 14.9 Å². The molecule has 3 aromatic rings. The number of fused-ring (bicyclic) bond motifs is 1. The van der Waals surface area contributed by atoms with Crippen LogP contribution in [0.25, 0.3) is 0 Å². The minimum atomic E-state index is -5.08. The standard InChI is InChI=1S/C19H20FN5O.C2HF3O2/c20-16-4-2-15(3-5-16)11-23-7-1-8-25-18(13-23)22-17(10-19(25)26)12-24-9-6-21-14-24;3-2(4,5)1(6)7/h2-6,9-10,14H,1,7-8,11-13H2;(H,6,7). The van der Waals surface area contributed by atoms with Crippen LogP contribution in [0.2, 0.25) is 0 Å². The van der Waals surface area contributed by atoms with E-state index < -0.39 is 12.1 Å². The minimum absolute atomic E-state index is 0.00579. The average molecular weight is 467 g/mol. The lowest BCUT2D eigenvalue weighted by Gasteiger charge is -2.20. The number of halogens is 4. The number of carbonyl (C=O) groups is 1. The number of hydrogen-bond donors (Lipinski definition) is 1. The Labute approximate surface area is 185 Å². The van der Waals surface area contributed by atoms with Crippen molar-refractivity contribution in [2.75, 3.05) is 6.54 Å². The van der Waals surface area contributed by atoms with Crippen LogP contribution in [0, 0.1) is 5.82 Å². The summed E-state index contributed by atoms with van der Waals surface area (Å²) in [6.45, 7) is 3.39. The first kappa shape index (κ1) is 24.1. The molecule has 176 valence electrons. The highest BCUT2D eigenvalue weighted by molar-refractivity contribution is 5.73. The smallest absolute Gasteiger partial charge is 0.475 e. The molecule has 1 aliphatic heterocycles. The van der Waals surface area contributed by atoms with Gasteiger partial charge in [0.25, 0.3) is 5.56 Å². The van der Waals surface area contributed by atoms with Crippen molar-refractivity contribution in [1.29, 1.82) is 0 Å². The van der Waals surface area contributed by atoms with Gasteiger partial charge < -0.3 is 9.67 Å². The highest BCUT2D eigenvalue weighted by Gasteiger charge is 2.38. The molecule has 0 bridgehead atoms. The van der Waals surface area contributed by atoms with Crippen molar-refractivity contribution in [3.8, 4) is 0 Å². The molecule has 0 saturated heterocycles. The molecule has 0 amide bonds. The molecule has 12 heteroatoms. The Balaban J connectivity index is 0.000000383. The zero-order valence-corrected chi connectivity index (χ0v) is 17.4. The van der Waals surface area contributed by atoms with Crippen LogP contribution < -0.4 is 5.56 Å². The van der Waals surface area contributed by atoms with Gasteiger partial charge in [0.05, 0.1) is 25.1 Å². The maximum atomic E-state index is 13.1. The van der Waals surface area contributed by atoms with Gasteiger partial charge in [-0.15, -0.1) is 0 Å².